The van der Waals surface area contributed by atoms with Gasteiger partial charge in [0.25, 0.3) is 0 Å². The summed E-state index contributed by atoms with van der Waals surface area (Å²) in [6.45, 7) is 12.8. The fourth-order valence-corrected chi connectivity index (χ4v) is 3.77. The molecule has 0 aliphatic rings. The fourth-order valence-electron chi connectivity index (χ4n) is 3.39. The van der Waals surface area contributed by atoms with E-state index in [1.165, 1.54) is 0 Å². The zero-order valence-electron chi connectivity index (χ0n) is 17.8. The van der Waals surface area contributed by atoms with Crippen molar-refractivity contribution in [3.8, 4) is 28.3 Å². The Morgan fingerprint density at radius 2 is 1.39 bits per heavy atom. The van der Waals surface area contributed by atoms with E-state index >= 15 is 0 Å². The quantitative estimate of drug-likeness (QED) is 0.482. The number of nitrogens with one attached hydrogen (secondary N) is 1. The second kappa shape index (κ2) is 7.32. The van der Waals surface area contributed by atoms with Crippen LogP contribution in [0.4, 0.5) is 0 Å². The number of nitrogens with zero attached hydrogens (tertiary/aromatic N) is 1. The number of phenolic OH excluding ortho intramolecular Hbond substituents is 1. The lowest BCUT2D eigenvalue weighted by molar-refractivity contribution is 0.423. The number of hydrogen-bond acceptors (Lipinski definition) is 3. The second-order valence-corrected chi connectivity index (χ2v) is 10.1. The van der Waals surface area contributed by atoms with Crippen LogP contribution in [0.3, 0.4) is 0 Å². The summed E-state index contributed by atoms with van der Waals surface area (Å²) < 4.78 is 0. The molecule has 0 unspecified atom stereocenters. The minimum atomic E-state index is -0.175. The summed E-state index contributed by atoms with van der Waals surface area (Å²) in [6, 6.07) is 14.5. The van der Waals surface area contributed by atoms with Gasteiger partial charge >= 0.3 is 0 Å². The maximum Gasteiger partial charge on any atom is 0.166 e. The zero-order valence-corrected chi connectivity index (χ0v) is 18.7. The van der Waals surface area contributed by atoms with Crippen LogP contribution in [0.2, 0.25) is 0 Å². The number of hydrogen-bond donors (Lipinski definition) is 2. The molecule has 0 saturated heterocycles. The Labute approximate surface area is 172 Å². The van der Waals surface area contributed by atoms with Gasteiger partial charge in [0.1, 0.15) is 5.75 Å². The second-order valence-electron chi connectivity index (χ2n) is 9.26. The average molecular weight is 395 g/mol. The minimum absolute atomic E-state index is 0.175. The predicted octanol–water partition coefficient (Wildman–Crippen LogP) is 6.77. The van der Waals surface area contributed by atoms with E-state index in [1.54, 1.807) is 11.8 Å². The molecular formula is C24H30N2OS. The number of thioether (sulfide) groups is 1. The Morgan fingerprint density at radius 3 is 1.86 bits per heavy atom. The van der Waals surface area contributed by atoms with Crippen molar-refractivity contribution in [3.63, 3.8) is 0 Å². The van der Waals surface area contributed by atoms with Crippen molar-refractivity contribution in [2.45, 2.75) is 57.5 Å². The third kappa shape index (κ3) is 3.97. The van der Waals surface area contributed by atoms with Gasteiger partial charge in [-0.3, -0.25) is 0 Å². The summed E-state index contributed by atoms with van der Waals surface area (Å²) in [5.74, 6) is 0.394. The Balaban J connectivity index is 2.32. The Bertz CT molecular complexity index is 941. The van der Waals surface area contributed by atoms with E-state index in [0.29, 0.717) is 5.75 Å². The molecule has 3 nitrogen and oxygen atoms in total. The lowest BCUT2D eigenvalue weighted by Crippen LogP contribution is -2.17. The van der Waals surface area contributed by atoms with E-state index < -0.39 is 0 Å². The summed E-state index contributed by atoms with van der Waals surface area (Å²) in [7, 11) is 0. The number of aromatic nitrogens is 2. The number of H-pyrrole nitrogens is 1. The number of rotatable bonds is 3. The first-order valence-electron chi connectivity index (χ1n) is 9.60. The number of aromatic hydroxyl groups is 1. The first-order chi connectivity index (χ1) is 13.0. The van der Waals surface area contributed by atoms with Crippen molar-refractivity contribution in [1.82, 2.24) is 9.97 Å². The molecule has 4 heteroatoms. The summed E-state index contributed by atoms with van der Waals surface area (Å²) >= 11 is 1.60. The summed E-state index contributed by atoms with van der Waals surface area (Å²) in [5, 5.41) is 11.9. The molecule has 0 aliphatic carbocycles. The molecule has 0 amide bonds. The standard InChI is InChI=1S/C24H30N2OS/c1-23(2,3)17-13-16(14-18(21(17)27)24(4,5)6)20-19(25-22(26-20)28-7)15-11-9-8-10-12-15/h8-14,27H,1-7H3,(H,25,26). The van der Waals surface area contributed by atoms with Crippen LogP contribution in [-0.4, -0.2) is 21.3 Å². The fraction of sp³-hybridized carbons (Fsp3) is 0.375. The van der Waals surface area contributed by atoms with Crippen LogP contribution in [0, 0.1) is 0 Å². The largest absolute Gasteiger partial charge is 0.507 e. The molecule has 28 heavy (non-hydrogen) atoms. The average Bonchev–Trinajstić information content (AvgIpc) is 3.05. The molecule has 3 aromatic rings. The van der Waals surface area contributed by atoms with Crippen LogP contribution in [0.5, 0.6) is 5.75 Å². The molecular weight excluding hydrogens is 364 g/mol. The van der Waals surface area contributed by atoms with Gasteiger partial charge in [-0.2, -0.15) is 0 Å². The molecule has 2 N–H and O–H groups in total. The van der Waals surface area contributed by atoms with Gasteiger partial charge in [-0.15, -0.1) is 0 Å². The highest BCUT2D eigenvalue weighted by atomic mass is 32.2. The molecule has 0 aliphatic heterocycles. The molecule has 2 aromatic carbocycles. The molecule has 0 radical (unpaired) electrons. The van der Waals surface area contributed by atoms with E-state index in [1.807, 2.05) is 24.5 Å². The van der Waals surface area contributed by atoms with Gasteiger partial charge in [-0.05, 0) is 29.2 Å². The highest BCUT2D eigenvalue weighted by Crippen LogP contribution is 2.43. The third-order valence-corrected chi connectivity index (χ3v) is 5.52. The Morgan fingerprint density at radius 1 is 0.857 bits per heavy atom. The zero-order chi connectivity index (χ0) is 20.7. The molecule has 0 fully saturated rings. The van der Waals surface area contributed by atoms with Gasteiger partial charge in [-0.1, -0.05) is 83.6 Å². The molecule has 148 valence electrons. The van der Waals surface area contributed by atoms with Crippen molar-refractivity contribution in [2.24, 2.45) is 0 Å². The van der Waals surface area contributed by atoms with Crippen molar-refractivity contribution in [2.75, 3.05) is 6.26 Å². The summed E-state index contributed by atoms with van der Waals surface area (Å²) in [4.78, 5) is 8.34. The summed E-state index contributed by atoms with van der Waals surface area (Å²) in [5.41, 5.74) is 5.61. The molecule has 1 heterocycles. The van der Waals surface area contributed by atoms with Gasteiger partial charge in [0, 0.05) is 22.3 Å². The topological polar surface area (TPSA) is 48.9 Å². The van der Waals surface area contributed by atoms with E-state index in [0.717, 1.165) is 38.8 Å². The van der Waals surface area contributed by atoms with Gasteiger partial charge in [0.05, 0.1) is 11.4 Å². The SMILES string of the molecule is CSc1nc(-c2cc(C(C)(C)C)c(O)c(C(C)(C)C)c2)c(-c2ccccc2)[nH]1. The van der Waals surface area contributed by atoms with E-state index in [-0.39, 0.29) is 10.8 Å². The van der Waals surface area contributed by atoms with E-state index in [4.69, 9.17) is 4.98 Å². The number of imidazole rings is 1. The number of phenols is 1. The highest BCUT2D eigenvalue weighted by Gasteiger charge is 2.28. The van der Waals surface area contributed by atoms with Gasteiger partial charge in [-0.25, -0.2) is 4.98 Å². The van der Waals surface area contributed by atoms with Crippen molar-refractivity contribution >= 4 is 11.8 Å². The van der Waals surface area contributed by atoms with Crippen molar-refractivity contribution in [1.29, 1.82) is 0 Å². The van der Waals surface area contributed by atoms with Crippen LogP contribution in [0.15, 0.2) is 47.6 Å². The van der Waals surface area contributed by atoms with Crippen LogP contribution >= 0.6 is 11.8 Å². The normalized spacial score (nSPS) is 12.4. The van der Waals surface area contributed by atoms with Crippen molar-refractivity contribution < 1.29 is 5.11 Å². The molecule has 3 rings (SSSR count). The minimum Gasteiger partial charge on any atom is -0.507 e. The van der Waals surface area contributed by atoms with Crippen LogP contribution in [0.1, 0.15) is 52.7 Å². The van der Waals surface area contributed by atoms with Crippen LogP contribution in [-0.2, 0) is 10.8 Å². The molecule has 0 saturated carbocycles. The van der Waals surface area contributed by atoms with Crippen molar-refractivity contribution in [3.05, 3.63) is 53.6 Å². The Kier molecular flexibility index (Phi) is 5.37. The maximum atomic E-state index is 11.0. The lowest BCUT2D eigenvalue weighted by atomic mass is 9.78. The lowest BCUT2D eigenvalue weighted by Gasteiger charge is -2.28. The number of benzene rings is 2. The first-order valence-corrected chi connectivity index (χ1v) is 10.8. The molecule has 0 spiro atoms. The molecule has 0 bridgehead atoms. The third-order valence-electron chi connectivity index (χ3n) is 4.94. The first kappa shape index (κ1) is 20.5. The molecule has 1 aromatic heterocycles. The van der Waals surface area contributed by atoms with Crippen LogP contribution < -0.4 is 0 Å². The van der Waals surface area contributed by atoms with E-state index in [9.17, 15) is 5.11 Å². The van der Waals surface area contributed by atoms with Gasteiger partial charge in [0.2, 0.25) is 0 Å². The van der Waals surface area contributed by atoms with E-state index in [2.05, 4.69) is 70.8 Å². The summed E-state index contributed by atoms with van der Waals surface area (Å²) in [6.07, 6.45) is 2.02. The van der Waals surface area contributed by atoms with Crippen LogP contribution in [0.25, 0.3) is 22.5 Å². The number of aromatic amines is 1. The molecule has 0 atom stereocenters. The predicted molar refractivity (Wildman–Crippen MR) is 120 cm³/mol. The highest BCUT2D eigenvalue weighted by molar-refractivity contribution is 7.98. The van der Waals surface area contributed by atoms with Gasteiger partial charge < -0.3 is 10.1 Å². The maximum absolute atomic E-state index is 11.0. The Hall–Kier alpha value is -2.20. The van der Waals surface area contributed by atoms with Gasteiger partial charge in [0.15, 0.2) is 5.16 Å². The smallest absolute Gasteiger partial charge is 0.166 e. The monoisotopic (exact) mass is 394 g/mol.